The number of methoxy groups -OCH3 is 2. The molecule has 1 aliphatic rings. The molecular formula is C14H26O10. The van der Waals surface area contributed by atoms with E-state index in [2.05, 4.69) is 0 Å². The third-order valence-corrected chi connectivity index (χ3v) is 3.97. The Morgan fingerprint density at radius 3 is 2.04 bits per heavy atom. The molecule has 0 spiro atoms. The third-order valence-electron chi connectivity index (χ3n) is 3.97. The maximum absolute atomic E-state index is 11.4. The summed E-state index contributed by atoms with van der Waals surface area (Å²) in [5.41, 5.74) is 0. The first-order valence-electron chi connectivity index (χ1n) is 7.47. The molecule has 0 amide bonds. The number of carboxylic acid groups (broad SMARTS) is 1. The highest BCUT2D eigenvalue weighted by atomic mass is 16.7. The topological polar surface area (TPSA) is 155 Å². The molecule has 9 unspecified atom stereocenters. The molecule has 0 saturated carbocycles. The number of aliphatic hydroxyl groups is 4. The molecule has 1 rings (SSSR count). The van der Waals surface area contributed by atoms with Crippen molar-refractivity contribution in [2.75, 3.05) is 14.2 Å². The lowest BCUT2D eigenvalue weighted by atomic mass is 9.99. The molecule has 0 bridgehead atoms. The van der Waals surface area contributed by atoms with Crippen molar-refractivity contribution in [3.05, 3.63) is 0 Å². The van der Waals surface area contributed by atoms with E-state index in [0.717, 1.165) is 7.11 Å². The monoisotopic (exact) mass is 354 g/mol. The molecule has 1 heterocycles. The predicted octanol–water partition coefficient (Wildman–Crippen LogP) is -2.31. The van der Waals surface area contributed by atoms with Gasteiger partial charge in [0.25, 0.3) is 0 Å². The van der Waals surface area contributed by atoms with Gasteiger partial charge in [0.2, 0.25) is 0 Å². The van der Waals surface area contributed by atoms with Gasteiger partial charge in [0, 0.05) is 14.2 Å². The van der Waals surface area contributed by atoms with Crippen LogP contribution in [0.25, 0.3) is 0 Å². The van der Waals surface area contributed by atoms with Gasteiger partial charge in [0.1, 0.15) is 30.5 Å². The van der Waals surface area contributed by atoms with Gasteiger partial charge >= 0.3 is 5.97 Å². The number of hydrogen-bond donors (Lipinski definition) is 5. The van der Waals surface area contributed by atoms with Gasteiger partial charge in [-0.25, -0.2) is 4.79 Å². The second-order valence-electron chi connectivity index (χ2n) is 5.72. The van der Waals surface area contributed by atoms with Crippen LogP contribution in [0.15, 0.2) is 0 Å². The largest absolute Gasteiger partial charge is 0.479 e. The molecule has 10 nitrogen and oxygen atoms in total. The fourth-order valence-electron chi connectivity index (χ4n) is 2.58. The highest BCUT2D eigenvalue weighted by molar-refractivity contribution is 5.73. The van der Waals surface area contributed by atoms with E-state index in [9.17, 15) is 30.3 Å². The summed E-state index contributed by atoms with van der Waals surface area (Å²) in [5, 5.41) is 48.6. The predicted molar refractivity (Wildman–Crippen MR) is 78.1 cm³/mol. The van der Waals surface area contributed by atoms with Gasteiger partial charge in [-0.2, -0.15) is 0 Å². The number of rotatable bonds is 8. The van der Waals surface area contributed by atoms with Gasteiger partial charge < -0.3 is 44.5 Å². The summed E-state index contributed by atoms with van der Waals surface area (Å²) < 4.78 is 20.8. The van der Waals surface area contributed by atoms with E-state index in [4.69, 9.17) is 18.9 Å². The molecule has 0 radical (unpaired) electrons. The Kier molecular flexibility index (Phi) is 7.96. The normalized spacial score (nSPS) is 35.9. The van der Waals surface area contributed by atoms with Gasteiger partial charge in [-0.1, -0.05) is 0 Å². The maximum atomic E-state index is 11.4. The van der Waals surface area contributed by atoms with Crippen LogP contribution in [0.1, 0.15) is 13.8 Å². The average molecular weight is 354 g/mol. The zero-order valence-electron chi connectivity index (χ0n) is 14.0. The van der Waals surface area contributed by atoms with E-state index >= 15 is 0 Å². The average Bonchev–Trinajstić information content (AvgIpc) is 2.50. The Morgan fingerprint density at radius 1 is 1.04 bits per heavy atom. The van der Waals surface area contributed by atoms with Gasteiger partial charge in [0.15, 0.2) is 12.4 Å². The fraction of sp³-hybridized carbons (Fsp3) is 0.929. The molecule has 24 heavy (non-hydrogen) atoms. The van der Waals surface area contributed by atoms with Crippen LogP contribution >= 0.6 is 0 Å². The van der Waals surface area contributed by atoms with Crippen LogP contribution in [0.2, 0.25) is 0 Å². The minimum atomic E-state index is -1.63. The lowest BCUT2D eigenvalue weighted by Gasteiger charge is -2.42. The van der Waals surface area contributed by atoms with Crippen molar-refractivity contribution in [1.29, 1.82) is 0 Å². The summed E-state index contributed by atoms with van der Waals surface area (Å²) in [6, 6.07) is 0. The van der Waals surface area contributed by atoms with E-state index in [1.54, 1.807) is 0 Å². The number of aliphatic carboxylic acids is 1. The number of hydrogen-bond acceptors (Lipinski definition) is 9. The molecule has 0 aliphatic carbocycles. The van der Waals surface area contributed by atoms with E-state index in [-0.39, 0.29) is 0 Å². The molecular weight excluding hydrogens is 328 g/mol. The van der Waals surface area contributed by atoms with Crippen LogP contribution in [-0.4, -0.2) is 101 Å². The van der Waals surface area contributed by atoms with Gasteiger partial charge in [0.05, 0.1) is 12.2 Å². The van der Waals surface area contributed by atoms with Crippen LogP contribution < -0.4 is 0 Å². The van der Waals surface area contributed by atoms with Gasteiger partial charge in [-0.05, 0) is 13.8 Å². The second kappa shape index (κ2) is 9.02. The molecule has 0 aromatic carbocycles. The fourth-order valence-corrected chi connectivity index (χ4v) is 2.58. The van der Waals surface area contributed by atoms with Crippen LogP contribution in [-0.2, 0) is 23.7 Å². The highest BCUT2D eigenvalue weighted by Gasteiger charge is 2.47. The summed E-state index contributed by atoms with van der Waals surface area (Å²) in [6.45, 7) is 2.83. The van der Waals surface area contributed by atoms with Crippen LogP contribution in [0, 0.1) is 0 Å². The quantitative estimate of drug-likeness (QED) is 0.321. The molecule has 0 aromatic heterocycles. The van der Waals surface area contributed by atoms with Gasteiger partial charge in [-0.3, -0.25) is 0 Å². The number of carbonyl (C=O) groups is 1. The van der Waals surface area contributed by atoms with Crippen molar-refractivity contribution in [3.8, 4) is 0 Å². The molecule has 0 aromatic rings. The van der Waals surface area contributed by atoms with Crippen molar-refractivity contribution in [2.24, 2.45) is 0 Å². The summed E-state index contributed by atoms with van der Waals surface area (Å²) in [7, 11) is 2.39. The van der Waals surface area contributed by atoms with Crippen molar-refractivity contribution in [3.63, 3.8) is 0 Å². The third kappa shape index (κ3) is 4.61. The maximum Gasteiger partial charge on any atom is 0.335 e. The molecule has 1 fully saturated rings. The molecule has 9 atom stereocenters. The Morgan fingerprint density at radius 2 is 1.62 bits per heavy atom. The van der Waals surface area contributed by atoms with Crippen LogP contribution in [0.5, 0.6) is 0 Å². The summed E-state index contributed by atoms with van der Waals surface area (Å²) >= 11 is 0. The van der Waals surface area contributed by atoms with Crippen molar-refractivity contribution < 1.29 is 49.3 Å². The molecule has 1 aliphatic heterocycles. The van der Waals surface area contributed by atoms with Crippen molar-refractivity contribution >= 4 is 5.97 Å². The lowest BCUT2D eigenvalue weighted by Crippen LogP contribution is -2.60. The van der Waals surface area contributed by atoms with E-state index in [1.165, 1.54) is 21.0 Å². The second-order valence-corrected chi connectivity index (χ2v) is 5.72. The summed E-state index contributed by atoms with van der Waals surface area (Å²) in [6.07, 6.45) is -11.9. The zero-order valence-corrected chi connectivity index (χ0v) is 14.0. The van der Waals surface area contributed by atoms with Crippen LogP contribution in [0.3, 0.4) is 0 Å². The highest BCUT2D eigenvalue weighted by Crippen LogP contribution is 2.26. The first kappa shape index (κ1) is 21.2. The first-order chi connectivity index (χ1) is 11.1. The minimum Gasteiger partial charge on any atom is -0.479 e. The molecule has 142 valence electrons. The van der Waals surface area contributed by atoms with Crippen molar-refractivity contribution in [2.45, 2.75) is 69.0 Å². The number of ether oxygens (including phenoxy) is 4. The first-order valence-corrected chi connectivity index (χ1v) is 7.47. The Balaban J connectivity index is 3.05. The number of carboxylic acids is 1. The summed E-state index contributed by atoms with van der Waals surface area (Å²) in [5.74, 6) is -1.37. The van der Waals surface area contributed by atoms with E-state index < -0.39 is 61.1 Å². The SMILES string of the molecule is COC(C(=O)O)C(OC1OC(C)C(O)C(O)C1O)C(OC)C(C)O. The Hall–Kier alpha value is -0.850. The van der Waals surface area contributed by atoms with Crippen molar-refractivity contribution in [1.82, 2.24) is 0 Å². The van der Waals surface area contributed by atoms with Gasteiger partial charge in [-0.15, -0.1) is 0 Å². The van der Waals surface area contributed by atoms with E-state index in [1.807, 2.05) is 0 Å². The number of aliphatic hydroxyl groups excluding tert-OH is 4. The molecule has 1 saturated heterocycles. The Labute approximate surface area is 139 Å². The standard InChI is InChI=1S/C14H26O10/c1-5(15)10(21-3)11(12(22-4)13(19)20)24-14-9(18)8(17)7(16)6(2)23-14/h5-12,14-18H,1-4H3,(H,19,20). The zero-order chi connectivity index (χ0) is 18.6. The molecule has 5 N–H and O–H groups in total. The van der Waals surface area contributed by atoms with E-state index in [0.29, 0.717) is 0 Å². The minimum absolute atomic E-state index is 0.868. The lowest BCUT2D eigenvalue weighted by molar-refractivity contribution is -0.320. The van der Waals surface area contributed by atoms with Crippen LogP contribution in [0.4, 0.5) is 0 Å². The Bertz CT molecular complexity index is 403. The smallest absolute Gasteiger partial charge is 0.335 e. The summed E-state index contributed by atoms with van der Waals surface area (Å²) in [4.78, 5) is 11.4. The molecule has 10 heteroatoms.